The Morgan fingerprint density at radius 3 is 2.52 bits per heavy atom. The van der Waals surface area contributed by atoms with Crippen LogP contribution < -0.4 is 4.74 Å². The fourth-order valence-electron chi connectivity index (χ4n) is 3.71. The van der Waals surface area contributed by atoms with Gasteiger partial charge in [-0.3, -0.25) is 0 Å². The minimum Gasteiger partial charge on any atom is -0.487 e. The Kier molecular flexibility index (Phi) is 5.01. The highest BCUT2D eigenvalue weighted by molar-refractivity contribution is 5.84. The van der Waals surface area contributed by atoms with Crippen molar-refractivity contribution < 1.29 is 4.74 Å². The van der Waals surface area contributed by atoms with Crippen LogP contribution in [-0.2, 0) is 6.61 Å². The molecule has 0 saturated heterocycles. The van der Waals surface area contributed by atoms with Gasteiger partial charge in [0.2, 0.25) is 0 Å². The minimum absolute atomic E-state index is 0.453. The first-order chi connectivity index (χ1) is 14.1. The van der Waals surface area contributed by atoms with Gasteiger partial charge < -0.3 is 4.74 Å². The van der Waals surface area contributed by atoms with Gasteiger partial charge in [-0.05, 0) is 66.8 Å². The van der Waals surface area contributed by atoms with E-state index in [1.807, 2.05) is 55.5 Å². The summed E-state index contributed by atoms with van der Waals surface area (Å²) in [6, 6.07) is 24.3. The number of hydrogen-bond donors (Lipinski definition) is 0. The molecule has 0 N–H and O–H groups in total. The van der Waals surface area contributed by atoms with Gasteiger partial charge in [-0.1, -0.05) is 48.5 Å². The number of aryl methyl sites for hydroxylation is 2. The first-order valence-corrected chi connectivity index (χ1v) is 9.66. The number of para-hydroxylation sites is 1. The second kappa shape index (κ2) is 7.77. The van der Waals surface area contributed by atoms with Crippen molar-refractivity contribution in [3.05, 3.63) is 94.7 Å². The number of aromatic nitrogens is 1. The lowest BCUT2D eigenvalue weighted by Gasteiger charge is -2.17. The van der Waals surface area contributed by atoms with E-state index in [0.717, 1.165) is 44.6 Å². The van der Waals surface area contributed by atoms with E-state index in [-0.39, 0.29) is 0 Å². The fourth-order valence-corrected chi connectivity index (χ4v) is 3.71. The molecule has 0 aliphatic heterocycles. The van der Waals surface area contributed by atoms with E-state index in [9.17, 15) is 5.26 Å². The zero-order valence-corrected chi connectivity index (χ0v) is 16.9. The number of nitriles is 1. The lowest BCUT2D eigenvalue weighted by atomic mass is 9.91. The maximum Gasteiger partial charge on any atom is 0.146 e. The summed E-state index contributed by atoms with van der Waals surface area (Å²) in [6.45, 7) is 6.63. The second-order valence-electron chi connectivity index (χ2n) is 7.26. The van der Waals surface area contributed by atoms with E-state index >= 15 is 0 Å². The number of benzene rings is 3. The average Bonchev–Trinajstić information content (AvgIpc) is 2.74. The van der Waals surface area contributed by atoms with Crippen molar-refractivity contribution in [2.45, 2.75) is 27.4 Å². The summed E-state index contributed by atoms with van der Waals surface area (Å²) in [7, 11) is 0. The summed E-state index contributed by atoms with van der Waals surface area (Å²) >= 11 is 0. The van der Waals surface area contributed by atoms with Crippen LogP contribution in [0.4, 0.5) is 0 Å². The van der Waals surface area contributed by atoms with Crippen molar-refractivity contribution in [2.75, 3.05) is 0 Å². The number of ether oxygens (including phenoxy) is 1. The Labute approximate surface area is 171 Å². The van der Waals surface area contributed by atoms with Crippen LogP contribution in [0, 0.1) is 32.1 Å². The normalized spacial score (nSPS) is 10.7. The third-order valence-corrected chi connectivity index (χ3v) is 5.36. The molecule has 4 aromatic rings. The largest absolute Gasteiger partial charge is 0.487 e. The molecule has 1 aromatic heterocycles. The van der Waals surface area contributed by atoms with Crippen LogP contribution in [-0.4, -0.2) is 4.98 Å². The Balaban J connectivity index is 1.72. The SMILES string of the molecule is Cc1ccc2cccc(OCc3c(C)ccc(-c4ccccc4C#N)c3C)c2n1. The van der Waals surface area contributed by atoms with E-state index in [1.165, 1.54) is 5.56 Å². The van der Waals surface area contributed by atoms with Crippen molar-refractivity contribution >= 4 is 10.9 Å². The first kappa shape index (κ1) is 18.7. The summed E-state index contributed by atoms with van der Waals surface area (Å²) in [5.74, 6) is 0.785. The van der Waals surface area contributed by atoms with E-state index < -0.39 is 0 Å². The maximum atomic E-state index is 9.49. The van der Waals surface area contributed by atoms with E-state index in [1.54, 1.807) is 0 Å². The number of fused-ring (bicyclic) bond motifs is 1. The third-order valence-electron chi connectivity index (χ3n) is 5.36. The standard InChI is InChI=1S/C26H22N2O/c1-17-11-14-22(23-9-5-4-7-21(23)15-27)19(3)24(17)16-29-25-10-6-8-20-13-12-18(2)28-26(20)25/h4-14H,16H2,1-3H3. The number of hydrogen-bond acceptors (Lipinski definition) is 3. The molecule has 142 valence electrons. The first-order valence-electron chi connectivity index (χ1n) is 9.66. The summed E-state index contributed by atoms with van der Waals surface area (Å²) in [5, 5.41) is 10.6. The van der Waals surface area contributed by atoms with Crippen LogP contribution in [0.15, 0.2) is 66.7 Å². The molecule has 0 amide bonds. The van der Waals surface area contributed by atoms with E-state index in [2.05, 4.69) is 43.1 Å². The smallest absolute Gasteiger partial charge is 0.146 e. The number of nitrogens with zero attached hydrogens (tertiary/aromatic N) is 2. The molecule has 0 unspecified atom stereocenters. The second-order valence-corrected chi connectivity index (χ2v) is 7.26. The molecule has 0 radical (unpaired) electrons. The third kappa shape index (κ3) is 3.58. The Morgan fingerprint density at radius 2 is 1.69 bits per heavy atom. The van der Waals surface area contributed by atoms with Crippen LogP contribution >= 0.6 is 0 Å². The quantitative estimate of drug-likeness (QED) is 0.420. The monoisotopic (exact) mass is 378 g/mol. The average molecular weight is 378 g/mol. The molecule has 3 heteroatoms. The number of pyridine rings is 1. The van der Waals surface area contributed by atoms with Gasteiger partial charge in [-0.25, -0.2) is 4.98 Å². The van der Waals surface area contributed by atoms with Crippen LogP contribution in [0.3, 0.4) is 0 Å². The molecule has 3 nitrogen and oxygen atoms in total. The highest BCUT2D eigenvalue weighted by Gasteiger charge is 2.13. The summed E-state index contributed by atoms with van der Waals surface area (Å²) in [5.41, 5.74) is 8.00. The van der Waals surface area contributed by atoms with Gasteiger partial charge in [0, 0.05) is 11.1 Å². The molecule has 0 aliphatic carbocycles. The molecule has 1 heterocycles. The highest BCUT2D eigenvalue weighted by Crippen LogP contribution is 2.31. The summed E-state index contributed by atoms with van der Waals surface area (Å²) in [6.07, 6.45) is 0. The fraction of sp³-hybridized carbons (Fsp3) is 0.154. The van der Waals surface area contributed by atoms with E-state index in [0.29, 0.717) is 12.2 Å². The molecule has 0 atom stereocenters. The Bertz CT molecular complexity index is 1250. The molecule has 4 rings (SSSR count). The van der Waals surface area contributed by atoms with Crippen molar-refractivity contribution in [1.29, 1.82) is 5.26 Å². The zero-order valence-electron chi connectivity index (χ0n) is 16.9. The van der Waals surface area contributed by atoms with Gasteiger partial charge in [0.25, 0.3) is 0 Å². The van der Waals surface area contributed by atoms with Crippen molar-refractivity contribution in [3.8, 4) is 22.9 Å². The van der Waals surface area contributed by atoms with Crippen LogP contribution in [0.2, 0.25) is 0 Å². The minimum atomic E-state index is 0.453. The highest BCUT2D eigenvalue weighted by atomic mass is 16.5. The molecular weight excluding hydrogens is 356 g/mol. The molecule has 0 fully saturated rings. The lowest BCUT2D eigenvalue weighted by Crippen LogP contribution is -2.03. The number of rotatable bonds is 4. The topological polar surface area (TPSA) is 45.9 Å². The van der Waals surface area contributed by atoms with Gasteiger partial charge >= 0.3 is 0 Å². The van der Waals surface area contributed by atoms with Gasteiger partial charge in [-0.2, -0.15) is 5.26 Å². The van der Waals surface area contributed by atoms with Gasteiger partial charge in [0.05, 0.1) is 11.6 Å². The molecule has 3 aromatic carbocycles. The van der Waals surface area contributed by atoms with Gasteiger partial charge in [0.15, 0.2) is 0 Å². The van der Waals surface area contributed by atoms with Crippen LogP contribution in [0.25, 0.3) is 22.0 Å². The van der Waals surface area contributed by atoms with Crippen LogP contribution in [0.5, 0.6) is 5.75 Å². The predicted octanol–water partition coefficient (Wildman–Crippen LogP) is 6.28. The van der Waals surface area contributed by atoms with Crippen molar-refractivity contribution in [2.24, 2.45) is 0 Å². The van der Waals surface area contributed by atoms with Gasteiger partial charge in [0.1, 0.15) is 17.9 Å². The Hall–Kier alpha value is -3.64. The molecular formula is C26H22N2O. The van der Waals surface area contributed by atoms with Crippen LogP contribution in [0.1, 0.15) is 27.9 Å². The molecule has 0 saturated carbocycles. The molecule has 0 bridgehead atoms. The molecule has 0 aliphatic rings. The lowest BCUT2D eigenvalue weighted by molar-refractivity contribution is 0.308. The maximum absolute atomic E-state index is 9.49. The van der Waals surface area contributed by atoms with Gasteiger partial charge in [-0.15, -0.1) is 0 Å². The Morgan fingerprint density at radius 1 is 0.862 bits per heavy atom. The zero-order chi connectivity index (χ0) is 20.4. The molecule has 29 heavy (non-hydrogen) atoms. The predicted molar refractivity (Wildman–Crippen MR) is 117 cm³/mol. The molecule has 0 spiro atoms. The summed E-state index contributed by atoms with van der Waals surface area (Å²) < 4.78 is 6.24. The van der Waals surface area contributed by atoms with Crippen molar-refractivity contribution in [3.63, 3.8) is 0 Å². The summed E-state index contributed by atoms with van der Waals surface area (Å²) in [4.78, 5) is 4.66. The van der Waals surface area contributed by atoms with E-state index in [4.69, 9.17) is 4.74 Å². The van der Waals surface area contributed by atoms with Crippen molar-refractivity contribution in [1.82, 2.24) is 4.98 Å².